The minimum Gasteiger partial charge on any atom is -0.437 e. The number of aldehydes is 1. The SMILES string of the molecule is Cc1nc(C2CCOCC2)oc1C=O. The molecule has 0 unspecified atom stereocenters. The lowest BCUT2D eigenvalue weighted by Crippen LogP contribution is -2.14. The molecule has 2 heterocycles. The van der Waals surface area contributed by atoms with Crippen LogP contribution in [-0.4, -0.2) is 24.5 Å². The van der Waals surface area contributed by atoms with Crippen LogP contribution < -0.4 is 0 Å². The van der Waals surface area contributed by atoms with E-state index < -0.39 is 0 Å². The van der Waals surface area contributed by atoms with E-state index in [1.165, 1.54) is 0 Å². The molecule has 76 valence electrons. The van der Waals surface area contributed by atoms with E-state index in [2.05, 4.69) is 4.98 Å². The Labute approximate surface area is 82.3 Å². The van der Waals surface area contributed by atoms with Crippen molar-refractivity contribution in [1.29, 1.82) is 0 Å². The van der Waals surface area contributed by atoms with Crippen molar-refractivity contribution in [3.63, 3.8) is 0 Å². The van der Waals surface area contributed by atoms with Crippen LogP contribution in [-0.2, 0) is 4.74 Å². The number of hydrogen-bond donors (Lipinski definition) is 0. The molecule has 1 saturated heterocycles. The predicted octanol–water partition coefficient (Wildman–Crippen LogP) is 1.69. The molecule has 0 saturated carbocycles. The van der Waals surface area contributed by atoms with Gasteiger partial charge in [-0.25, -0.2) is 4.98 Å². The smallest absolute Gasteiger partial charge is 0.198 e. The molecule has 2 rings (SSSR count). The van der Waals surface area contributed by atoms with Crippen molar-refractivity contribution in [2.75, 3.05) is 13.2 Å². The number of oxazole rings is 1. The van der Waals surface area contributed by atoms with Gasteiger partial charge in [-0.1, -0.05) is 0 Å². The quantitative estimate of drug-likeness (QED) is 0.674. The van der Waals surface area contributed by atoms with Crippen molar-refractivity contribution in [2.45, 2.75) is 25.7 Å². The molecule has 14 heavy (non-hydrogen) atoms. The first kappa shape index (κ1) is 9.40. The Bertz CT molecular complexity index is 326. The van der Waals surface area contributed by atoms with Gasteiger partial charge in [0, 0.05) is 19.1 Å². The molecule has 0 spiro atoms. The van der Waals surface area contributed by atoms with E-state index in [1.807, 2.05) is 0 Å². The van der Waals surface area contributed by atoms with Crippen LogP contribution in [0.5, 0.6) is 0 Å². The first-order valence-electron chi connectivity index (χ1n) is 4.81. The van der Waals surface area contributed by atoms with E-state index in [0.29, 0.717) is 29.5 Å². The number of ether oxygens (including phenoxy) is 1. The summed E-state index contributed by atoms with van der Waals surface area (Å²) in [4.78, 5) is 14.8. The fraction of sp³-hybridized carbons (Fsp3) is 0.600. The van der Waals surface area contributed by atoms with Crippen LogP contribution in [0.3, 0.4) is 0 Å². The second-order valence-corrected chi connectivity index (χ2v) is 3.51. The summed E-state index contributed by atoms with van der Waals surface area (Å²) >= 11 is 0. The monoisotopic (exact) mass is 195 g/mol. The molecule has 0 aromatic carbocycles. The topological polar surface area (TPSA) is 52.3 Å². The maximum atomic E-state index is 10.6. The van der Waals surface area contributed by atoms with Crippen molar-refractivity contribution in [2.24, 2.45) is 0 Å². The molecule has 0 amide bonds. The van der Waals surface area contributed by atoms with Gasteiger partial charge >= 0.3 is 0 Å². The van der Waals surface area contributed by atoms with Gasteiger partial charge in [-0.15, -0.1) is 0 Å². The molecule has 0 N–H and O–H groups in total. The number of carbonyl (C=O) groups excluding carboxylic acids is 1. The standard InChI is InChI=1S/C10H13NO3/c1-7-9(6-12)14-10(11-7)8-2-4-13-5-3-8/h6,8H,2-5H2,1H3. The first-order valence-corrected chi connectivity index (χ1v) is 4.81. The van der Waals surface area contributed by atoms with Crippen molar-refractivity contribution in [3.8, 4) is 0 Å². The third-order valence-corrected chi connectivity index (χ3v) is 2.53. The summed E-state index contributed by atoms with van der Waals surface area (Å²) in [6, 6.07) is 0. The summed E-state index contributed by atoms with van der Waals surface area (Å²) in [6.45, 7) is 3.29. The zero-order valence-electron chi connectivity index (χ0n) is 8.16. The zero-order valence-corrected chi connectivity index (χ0v) is 8.16. The lowest BCUT2D eigenvalue weighted by atomic mass is 10.0. The van der Waals surface area contributed by atoms with E-state index in [4.69, 9.17) is 9.15 Å². The van der Waals surface area contributed by atoms with E-state index >= 15 is 0 Å². The Balaban J connectivity index is 2.18. The molecule has 1 aliphatic heterocycles. The van der Waals surface area contributed by atoms with Gasteiger partial charge in [0.1, 0.15) is 0 Å². The van der Waals surface area contributed by atoms with Gasteiger partial charge in [0.2, 0.25) is 0 Å². The molecular formula is C10H13NO3. The molecule has 1 aromatic heterocycles. The number of carbonyl (C=O) groups is 1. The number of hydrogen-bond acceptors (Lipinski definition) is 4. The van der Waals surface area contributed by atoms with Crippen molar-refractivity contribution >= 4 is 6.29 Å². The minimum absolute atomic E-state index is 0.316. The summed E-state index contributed by atoms with van der Waals surface area (Å²) < 4.78 is 10.6. The first-order chi connectivity index (χ1) is 6.81. The number of nitrogens with zero attached hydrogens (tertiary/aromatic N) is 1. The second-order valence-electron chi connectivity index (χ2n) is 3.51. The molecule has 4 heteroatoms. The molecule has 1 fully saturated rings. The van der Waals surface area contributed by atoms with Crippen molar-refractivity contribution in [1.82, 2.24) is 4.98 Å². The van der Waals surface area contributed by atoms with Crippen LogP contribution in [0.4, 0.5) is 0 Å². The fourth-order valence-electron chi connectivity index (χ4n) is 1.66. The van der Waals surface area contributed by atoms with Gasteiger partial charge in [0.15, 0.2) is 17.9 Å². The largest absolute Gasteiger partial charge is 0.437 e. The van der Waals surface area contributed by atoms with Gasteiger partial charge < -0.3 is 9.15 Å². The van der Waals surface area contributed by atoms with Crippen LogP contribution >= 0.6 is 0 Å². The lowest BCUT2D eigenvalue weighted by molar-refractivity contribution is 0.0790. The molecule has 0 aliphatic carbocycles. The van der Waals surface area contributed by atoms with Crippen LogP contribution in [0.1, 0.15) is 40.9 Å². The third-order valence-electron chi connectivity index (χ3n) is 2.53. The average molecular weight is 195 g/mol. The van der Waals surface area contributed by atoms with E-state index in [-0.39, 0.29) is 0 Å². The predicted molar refractivity (Wildman–Crippen MR) is 49.4 cm³/mol. The fourth-order valence-corrected chi connectivity index (χ4v) is 1.66. The number of rotatable bonds is 2. The highest BCUT2D eigenvalue weighted by Gasteiger charge is 2.21. The Morgan fingerprint density at radius 1 is 1.43 bits per heavy atom. The molecule has 0 radical (unpaired) electrons. The molecule has 0 atom stereocenters. The highest BCUT2D eigenvalue weighted by Crippen LogP contribution is 2.27. The van der Waals surface area contributed by atoms with E-state index in [9.17, 15) is 4.79 Å². The van der Waals surface area contributed by atoms with Gasteiger partial charge in [-0.05, 0) is 19.8 Å². The second kappa shape index (κ2) is 3.92. The van der Waals surface area contributed by atoms with Crippen LogP contribution in [0, 0.1) is 6.92 Å². The van der Waals surface area contributed by atoms with Crippen molar-refractivity contribution < 1.29 is 13.9 Å². The molecular weight excluding hydrogens is 182 g/mol. The molecule has 1 aliphatic rings. The lowest BCUT2D eigenvalue weighted by Gasteiger charge is -2.18. The van der Waals surface area contributed by atoms with Crippen LogP contribution in [0.15, 0.2) is 4.42 Å². The van der Waals surface area contributed by atoms with Gasteiger partial charge in [0.25, 0.3) is 0 Å². The number of aromatic nitrogens is 1. The zero-order chi connectivity index (χ0) is 9.97. The van der Waals surface area contributed by atoms with Crippen LogP contribution in [0.25, 0.3) is 0 Å². The maximum absolute atomic E-state index is 10.6. The van der Waals surface area contributed by atoms with Gasteiger partial charge in [-0.2, -0.15) is 0 Å². The molecule has 0 bridgehead atoms. The summed E-state index contributed by atoms with van der Waals surface area (Å²) in [6.07, 6.45) is 2.57. The normalized spacial score (nSPS) is 18.4. The third kappa shape index (κ3) is 1.70. The summed E-state index contributed by atoms with van der Waals surface area (Å²) in [5, 5.41) is 0. The Morgan fingerprint density at radius 2 is 2.14 bits per heavy atom. The summed E-state index contributed by atoms with van der Waals surface area (Å²) in [5.41, 5.74) is 0.682. The van der Waals surface area contributed by atoms with E-state index in [1.54, 1.807) is 6.92 Å². The average Bonchev–Trinajstić information content (AvgIpc) is 2.61. The highest BCUT2D eigenvalue weighted by atomic mass is 16.5. The van der Waals surface area contributed by atoms with Crippen LogP contribution in [0.2, 0.25) is 0 Å². The molecule has 1 aromatic rings. The minimum atomic E-state index is 0.316. The van der Waals surface area contributed by atoms with Gasteiger partial charge in [0.05, 0.1) is 5.69 Å². The summed E-state index contributed by atoms with van der Waals surface area (Å²) in [7, 11) is 0. The van der Waals surface area contributed by atoms with E-state index in [0.717, 1.165) is 26.1 Å². The Hall–Kier alpha value is -1.16. The Morgan fingerprint density at radius 3 is 2.71 bits per heavy atom. The highest BCUT2D eigenvalue weighted by molar-refractivity contribution is 5.71. The van der Waals surface area contributed by atoms with Gasteiger partial charge in [-0.3, -0.25) is 4.79 Å². The molecule has 4 nitrogen and oxygen atoms in total. The van der Waals surface area contributed by atoms with Crippen molar-refractivity contribution in [3.05, 3.63) is 17.3 Å². The Kier molecular flexibility index (Phi) is 2.63. The maximum Gasteiger partial charge on any atom is 0.198 e. The summed E-state index contributed by atoms with van der Waals surface area (Å²) in [5.74, 6) is 1.36. The number of aryl methyl sites for hydroxylation is 1.